The maximum Gasteiger partial charge on any atom is 0.229 e. The summed E-state index contributed by atoms with van der Waals surface area (Å²) < 4.78 is 33.0. The van der Waals surface area contributed by atoms with E-state index in [9.17, 15) is 13.4 Å². The highest BCUT2D eigenvalue weighted by Gasteiger charge is 2.73. The highest BCUT2D eigenvalue weighted by Crippen LogP contribution is 2.70. The molecule has 4 aliphatic rings. The molecule has 3 saturated carbocycles. The topological polar surface area (TPSA) is 57.6 Å². The number of rotatable bonds is 3. The van der Waals surface area contributed by atoms with Crippen molar-refractivity contribution in [1.29, 1.82) is 0 Å². The van der Waals surface area contributed by atoms with Gasteiger partial charge in [0.25, 0.3) is 0 Å². The van der Waals surface area contributed by atoms with Gasteiger partial charge in [-0.2, -0.15) is 0 Å². The first-order valence-electron chi connectivity index (χ1n) is 6.48. The van der Waals surface area contributed by atoms with E-state index in [1.54, 1.807) is 0 Å². The number of alkyl halides is 1. The van der Waals surface area contributed by atoms with Crippen LogP contribution in [0.1, 0.15) is 32.1 Å². The molecule has 1 amide bonds. The van der Waals surface area contributed by atoms with Gasteiger partial charge in [0.15, 0.2) is 11.1 Å². The molecule has 4 rings (SSSR count). The largest absolute Gasteiger partial charge is 0.342 e. The quantitative estimate of drug-likeness (QED) is 0.791. The number of halogens is 1. The Morgan fingerprint density at radius 1 is 1.33 bits per heavy atom. The third-order valence-electron chi connectivity index (χ3n) is 4.70. The molecule has 2 bridgehead atoms. The summed E-state index contributed by atoms with van der Waals surface area (Å²) in [6.07, 6.45) is 2.82. The van der Waals surface area contributed by atoms with Crippen molar-refractivity contribution in [3.05, 3.63) is 0 Å². The Kier molecular flexibility index (Phi) is 2.79. The summed E-state index contributed by atoms with van der Waals surface area (Å²) in [7, 11) is 0. The number of nitrogens with zero attached hydrogens (tertiary/aromatic N) is 1. The summed E-state index contributed by atoms with van der Waals surface area (Å²) in [5.74, 6) is 0.659. The van der Waals surface area contributed by atoms with Gasteiger partial charge in [0.2, 0.25) is 5.91 Å². The number of carbonyl (C=O) groups is 1. The minimum absolute atomic E-state index is 0.116. The molecule has 3 aliphatic carbocycles. The number of hydrogen-bond acceptors (Lipinski definition) is 2. The SMILES string of the molecule is O=C(N1CCC(CS(=O)O)CC1)C12CC(F)(C1)C2. The van der Waals surface area contributed by atoms with Gasteiger partial charge in [0.1, 0.15) is 5.67 Å². The molecule has 0 aromatic carbocycles. The molecule has 1 unspecified atom stereocenters. The van der Waals surface area contributed by atoms with Crippen LogP contribution in [-0.2, 0) is 15.9 Å². The van der Waals surface area contributed by atoms with Gasteiger partial charge in [-0.25, -0.2) is 8.60 Å². The molecule has 0 spiro atoms. The lowest BCUT2D eigenvalue weighted by Crippen LogP contribution is -2.70. The van der Waals surface area contributed by atoms with Crippen molar-refractivity contribution >= 4 is 17.0 Å². The van der Waals surface area contributed by atoms with E-state index in [0.29, 0.717) is 38.1 Å². The molecule has 1 N–H and O–H groups in total. The Balaban J connectivity index is 1.51. The summed E-state index contributed by atoms with van der Waals surface area (Å²) in [4.78, 5) is 14.1. The first kappa shape index (κ1) is 12.5. The van der Waals surface area contributed by atoms with E-state index in [0.717, 1.165) is 12.8 Å². The minimum atomic E-state index is -1.74. The molecule has 1 aliphatic heterocycles. The summed E-state index contributed by atoms with van der Waals surface area (Å²) >= 11 is -1.74. The zero-order chi connectivity index (χ0) is 13.0. The highest BCUT2D eigenvalue weighted by molar-refractivity contribution is 7.79. The smallest absolute Gasteiger partial charge is 0.229 e. The molecular weight excluding hydrogens is 257 g/mol. The van der Waals surface area contributed by atoms with Crippen molar-refractivity contribution in [3.63, 3.8) is 0 Å². The number of amides is 1. The molecule has 0 aromatic rings. The Hall–Kier alpha value is -0.490. The first-order valence-corrected chi connectivity index (χ1v) is 7.76. The minimum Gasteiger partial charge on any atom is -0.342 e. The summed E-state index contributed by atoms with van der Waals surface area (Å²) in [5.41, 5.74) is -1.40. The molecular formula is C12H18FNO3S. The highest BCUT2D eigenvalue weighted by atomic mass is 32.2. The Bertz CT molecular complexity index is 386. The maximum atomic E-state index is 13.4. The average Bonchev–Trinajstić information content (AvgIpc) is 2.23. The van der Waals surface area contributed by atoms with Gasteiger partial charge in [-0.3, -0.25) is 4.79 Å². The van der Waals surface area contributed by atoms with E-state index >= 15 is 0 Å². The molecule has 102 valence electrons. The first-order chi connectivity index (χ1) is 8.42. The van der Waals surface area contributed by atoms with Gasteiger partial charge in [0.05, 0.1) is 11.2 Å². The van der Waals surface area contributed by atoms with E-state index in [-0.39, 0.29) is 17.2 Å². The fourth-order valence-electron chi connectivity index (χ4n) is 3.73. The summed E-state index contributed by atoms with van der Waals surface area (Å²) in [6, 6.07) is 0. The monoisotopic (exact) mass is 275 g/mol. The van der Waals surface area contributed by atoms with Crippen molar-refractivity contribution in [1.82, 2.24) is 4.90 Å². The number of piperidine rings is 1. The van der Waals surface area contributed by atoms with Crippen LogP contribution in [0.25, 0.3) is 0 Å². The van der Waals surface area contributed by atoms with E-state index in [2.05, 4.69) is 0 Å². The van der Waals surface area contributed by atoms with E-state index < -0.39 is 16.7 Å². The van der Waals surface area contributed by atoms with Gasteiger partial charge >= 0.3 is 0 Å². The predicted octanol–water partition coefficient (Wildman–Crippen LogP) is 1.34. The molecule has 0 radical (unpaired) electrons. The second-order valence-corrected chi connectivity index (χ2v) is 7.16. The molecule has 0 aromatic heterocycles. The lowest BCUT2D eigenvalue weighted by molar-refractivity contribution is -0.222. The number of likely N-dealkylation sites (tertiary alicyclic amines) is 1. The second kappa shape index (κ2) is 4.00. The Morgan fingerprint density at radius 2 is 1.89 bits per heavy atom. The van der Waals surface area contributed by atoms with Crippen LogP contribution in [0, 0.1) is 11.3 Å². The molecule has 6 heteroatoms. The van der Waals surface area contributed by atoms with Crippen molar-refractivity contribution in [2.24, 2.45) is 11.3 Å². The number of hydrogen-bond donors (Lipinski definition) is 1. The molecule has 18 heavy (non-hydrogen) atoms. The molecule has 1 saturated heterocycles. The summed E-state index contributed by atoms with van der Waals surface area (Å²) in [6.45, 7) is 1.31. The van der Waals surface area contributed by atoms with Crippen LogP contribution in [-0.4, -0.2) is 44.1 Å². The molecule has 4 nitrogen and oxygen atoms in total. The fraction of sp³-hybridized carbons (Fsp3) is 0.917. The van der Waals surface area contributed by atoms with Crippen LogP contribution in [0.3, 0.4) is 0 Å². The van der Waals surface area contributed by atoms with Gasteiger partial charge in [-0.15, -0.1) is 0 Å². The second-order valence-electron chi connectivity index (χ2n) is 6.19. The molecule has 1 atom stereocenters. The Morgan fingerprint density at radius 3 is 2.33 bits per heavy atom. The van der Waals surface area contributed by atoms with Gasteiger partial charge in [-0.05, 0) is 38.0 Å². The van der Waals surface area contributed by atoms with E-state index in [4.69, 9.17) is 4.55 Å². The fourth-order valence-corrected chi connectivity index (χ4v) is 4.47. The Labute approximate surface area is 108 Å². The molecule has 1 heterocycles. The van der Waals surface area contributed by atoms with Crippen LogP contribution in [0.2, 0.25) is 0 Å². The lowest BCUT2D eigenvalue weighted by Gasteiger charge is -2.65. The van der Waals surface area contributed by atoms with Crippen LogP contribution in [0.15, 0.2) is 0 Å². The van der Waals surface area contributed by atoms with Gasteiger partial charge < -0.3 is 9.45 Å². The molecule has 4 fully saturated rings. The standard InChI is InChI=1S/C12H18FNO3S/c13-12-6-11(7-12,8-12)10(15)14-3-1-9(2-4-14)5-18(16)17/h9H,1-8H2,(H,16,17). The van der Waals surface area contributed by atoms with Crippen LogP contribution < -0.4 is 0 Å². The van der Waals surface area contributed by atoms with Gasteiger partial charge in [0, 0.05) is 13.1 Å². The van der Waals surface area contributed by atoms with Crippen LogP contribution in [0.4, 0.5) is 4.39 Å². The third-order valence-corrected chi connectivity index (χ3v) is 5.46. The van der Waals surface area contributed by atoms with Crippen molar-refractivity contribution in [2.75, 3.05) is 18.8 Å². The average molecular weight is 275 g/mol. The normalized spacial score (nSPS) is 40.9. The lowest BCUT2D eigenvalue weighted by atomic mass is 9.42. The van der Waals surface area contributed by atoms with Crippen molar-refractivity contribution < 1.29 is 17.9 Å². The third kappa shape index (κ3) is 1.90. The predicted molar refractivity (Wildman–Crippen MR) is 65.1 cm³/mol. The van der Waals surface area contributed by atoms with E-state index in [1.165, 1.54) is 0 Å². The van der Waals surface area contributed by atoms with Crippen LogP contribution in [0.5, 0.6) is 0 Å². The zero-order valence-electron chi connectivity index (χ0n) is 10.2. The van der Waals surface area contributed by atoms with Crippen molar-refractivity contribution in [3.8, 4) is 0 Å². The van der Waals surface area contributed by atoms with Crippen LogP contribution >= 0.6 is 0 Å². The maximum absolute atomic E-state index is 13.4. The van der Waals surface area contributed by atoms with Gasteiger partial charge in [-0.1, -0.05) is 0 Å². The number of carbonyl (C=O) groups excluding carboxylic acids is 1. The van der Waals surface area contributed by atoms with E-state index in [1.807, 2.05) is 4.90 Å². The van der Waals surface area contributed by atoms with Crippen molar-refractivity contribution in [2.45, 2.75) is 37.8 Å². The summed E-state index contributed by atoms with van der Waals surface area (Å²) in [5, 5.41) is 0. The zero-order valence-corrected chi connectivity index (χ0v) is 11.0.